The lowest BCUT2D eigenvalue weighted by atomic mass is 9.91. The van der Waals surface area contributed by atoms with E-state index in [1.54, 1.807) is 24.5 Å². The lowest BCUT2D eigenvalue weighted by molar-refractivity contribution is 0.0686. The van der Waals surface area contributed by atoms with Crippen LogP contribution in [0.2, 0.25) is 5.02 Å². The molecule has 162 valence electrons. The van der Waals surface area contributed by atoms with E-state index in [0.717, 1.165) is 56.1 Å². The van der Waals surface area contributed by atoms with Crippen LogP contribution >= 0.6 is 11.6 Å². The van der Waals surface area contributed by atoms with E-state index in [2.05, 4.69) is 15.3 Å². The standard InChI is InChI=1S/C24H27ClN4O2/c25-20-6-3-5-18(14-20)24(31)29-12-8-17(9-13-29)4-1-2-10-27-23(30)22-15-19-16-26-11-7-21(19)28-22/h3,5-7,11,14-17,28H,1-2,4,8-10,12-13H2,(H,27,30). The van der Waals surface area contributed by atoms with Gasteiger partial charge in [-0.25, -0.2) is 0 Å². The van der Waals surface area contributed by atoms with Crippen molar-refractivity contribution >= 4 is 34.3 Å². The van der Waals surface area contributed by atoms with Gasteiger partial charge in [0.1, 0.15) is 5.69 Å². The van der Waals surface area contributed by atoms with Crippen LogP contribution in [0.15, 0.2) is 48.8 Å². The fourth-order valence-electron chi connectivity index (χ4n) is 4.18. The van der Waals surface area contributed by atoms with Gasteiger partial charge < -0.3 is 15.2 Å². The molecule has 0 unspecified atom stereocenters. The van der Waals surface area contributed by atoms with Gasteiger partial charge in [0.2, 0.25) is 0 Å². The third-order valence-corrected chi connectivity index (χ3v) is 6.20. The molecule has 6 nitrogen and oxygen atoms in total. The zero-order chi connectivity index (χ0) is 21.6. The number of carbonyl (C=O) groups is 2. The monoisotopic (exact) mass is 438 g/mol. The van der Waals surface area contributed by atoms with Crippen LogP contribution in [-0.2, 0) is 0 Å². The number of pyridine rings is 1. The highest BCUT2D eigenvalue weighted by atomic mass is 35.5. The van der Waals surface area contributed by atoms with Crippen LogP contribution in [-0.4, -0.2) is 46.3 Å². The van der Waals surface area contributed by atoms with Gasteiger partial charge in [0.05, 0.1) is 0 Å². The van der Waals surface area contributed by atoms with Crippen molar-refractivity contribution in [2.75, 3.05) is 19.6 Å². The Morgan fingerprint density at radius 1 is 1.16 bits per heavy atom. The van der Waals surface area contributed by atoms with Crippen LogP contribution in [0.3, 0.4) is 0 Å². The van der Waals surface area contributed by atoms with E-state index in [-0.39, 0.29) is 11.8 Å². The third-order valence-electron chi connectivity index (χ3n) is 5.96. The summed E-state index contributed by atoms with van der Waals surface area (Å²) in [6.45, 7) is 2.25. The van der Waals surface area contributed by atoms with Crippen molar-refractivity contribution < 1.29 is 9.59 Å². The van der Waals surface area contributed by atoms with Crippen molar-refractivity contribution in [3.63, 3.8) is 0 Å². The fraction of sp³-hybridized carbons (Fsp3) is 0.375. The molecular weight excluding hydrogens is 412 g/mol. The van der Waals surface area contributed by atoms with Crippen LogP contribution in [0.25, 0.3) is 10.9 Å². The fourth-order valence-corrected chi connectivity index (χ4v) is 4.37. The summed E-state index contributed by atoms with van der Waals surface area (Å²) in [7, 11) is 0. The van der Waals surface area contributed by atoms with Crippen molar-refractivity contribution in [3.05, 3.63) is 65.1 Å². The average Bonchev–Trinajstić information content (AvgIpc) is 3.23. The number of aromatic amines is 1. The minimum Gasteiger partial charge on any atom is -0.351 e. The quantitative estimate of drug-likeness (QED) is 0.526. The lowest BCUT2D eigenvalue weighted by Gasteiger charge is -2.32. The van der Waals surface area contributed by atoms with Crippen molar-refractivity contribution in [2.45, 2.75) is 32.1 Å². The van der Waals surface area contributed by atoms with E-state index in [1.165, 1.54) is 0 Å². The predicted molar refractivity (Wildman–Crippen MR) is 122 cm³/mol. The minimum atomic E-state index is -0.0796. The van der Waals surface area contributed by atoms with Crippen LogP contribution in [0.5, 0.6) is 0 Å². The largest absolute Gasteiger partial charge is 0.351 e. The normalized spacial score (nSPS) is 14.7. The Labute approximate surface area is 187 Å². The van der Waals surface area contributed by atoms with Gasteiger partial charge in [0, 0.05) is 53.5 Å². The van der Waals surface area contributed by atoms with E-state index in [1.807, 2.05) is 29.2 Å². The molecule has 2 aromatic heterocycles. The van der Waals surface area contributed by atoms with Crippen molar-refractivity contribution in [3.8, 4) is 0 Å². The van der Waals surface area contributed by atoms with E-state index in [4.69, 9.17) is 11.6 Å². The highest BCUT2D eigenvalue weighted by Crippen LogP contribution is 2.24. The van der Waals surface area contributed by atoms with E-state index in [0.29, 0.717) is 28.7 Å². The molecule has 0 radical (unpaired) electrons. The number of carbonyl (C=O) groups excluding carboxylic acids is 2. The number of fused-ring (bicyclic) bond motifs is 1. The molecule has 1 aliphatic rings. The molecule has 4 rings (SSSR count). The summed E-state index contributed by atoms with van der Waals surface area (Å²) in [6, 6.07) is 10.8. The third kappa shape index (κ3) is 5.44. The summed E-state index contributed by atoms with van der Waals surface area (Å²) in [4.78, 5) is 34.0. The molecular formula is C24H27ClN4O2. The SMILES string of the molecule is O=C(NCCCCC1CCN(C(=O)c2cccc(Cl)c2)CC1)c1cc2cnccc2[nH]1. The first-order valence-electron chi connectivity index (χ1n) is 10.9. The van der Waals surface area contributed by atoms with Crippen LogP contribution in [0.1, 0.15) is 53.0 Å². The number of benzene rings is 1. The van der Waals surface area contributed by atoms with Gasteiger partial charge in [0.25, 0.3) is 11.8 Å². The molecule has 1 aromatic carbocycles. The Hall–Kier alpha value is -2.86. The average molecular weight is 439 g/mol. The van der Waals surface area contributed by atoms with Crippen molar-refractivity contribution in [1.82, 2.24) is 20.2 Å². The number of aromatic nitrogens is 2. The van der Waals surface area contributed by atoms with Crippen molar-refractivity contribution in [2.24, 2.45) is 5.92 Å². The lowest BCUT2D eigenvalue weighted by Crippen LogP contribution is -2.38. The van der Waals surface area contributed by atoms with E-state index < -0.39 is 0 Å². The number of H-pyrrole nitrogens is 1. The molecule has 0 bridgehead atoms. The molecule has 0 aliphatic carbocycles. The molecule has 0 saturated carbocycles. The number of halogens is 1. The highest BCUT2D eigenvalue weighted by molar-refractivity contribution is 6.30. The van der Waals surface area contributed by atoms with E-state index in [9.17, 15) is 9.59 Å². The number of unbranched alkanes of at least 4 members (excludes halogenated alkanes) is 1. The molecule has 3 aromatic rings. The second-order valence-corrected chi connectivity index (χ2v) is 8.58. The Bertz CT molecular complexity index is 1020. The topological polar surface area (TPSA) is 78.1 Å². The first-order valence-corrected chi connectivity index (χ1v) is 11.2. The summed E-state index contributed by atoms with van der Waals surface area (Å²) >= 11 is 6.01. The number of nitrogens with one attached hydrogen (secondary N) is 2. The second kappa shape index (κ2) is 9.96. The number of hydrogen-bond donors (Lipinski definition) is 2. The number of piperidine rings is 1. The highest BCUT2D eigenvalue weighted by Gasteiger charge is 2.23. The molecule has 0 spiro atoms. The molecule has 1 aliphatic heterocycles. The van der Waals surface area contributed by atoms with Gasteiger partial charge in [-0.15, -0.1) is 0 Å². The Balaban J connectivity index is 1.14. The van der Waals surface area contributed by atoms with Gasteiger partial charge in [-0.1, -0.05) is 30.5 Å². The van der Waals surface area contributed by atoms with Gasteiger partial charge in [-0.2, -0.15) is 0 Å². The number of likely N-dealkylation sites (tertiary alicyclic amines) is 1. The van der Waals surface area contributed by atoms with Gasteiger partial charge in [0.15, 0.2) is 0 Å². The minimum absolute atomic E-state index is 0.0661. The van der Waals surface area contributed by atoms with Gasteiger partial charge >= 0.3 is 0 Å². The molecule has 0 atom stereocenters. The number of rotatable bonds is 7. The van der Waals surface area contributed by atoms with Crippen LogP contribution < -0.4 is 5.32 Å². The summed E-state index contributed by atoms with van der Waals surface area (Å²) in [5.41, 5.74) is 2.15. The summed E-state index contributed by atoms with van der Waals surface area (Å²) < 4.78 is 0. The number of hydrogen-bond acceptors (Lipinski definition) is 3. The molecule has 3 heterocycles. The number of amides is 2. The molecule has 2 N–H and O–H groups in total. The second-order valence-electron chi connectivity index (χ2n) is 8.14. The molecule has 7 heteroatoms. The molecule has 1 fully saturated rings. The summed E-state index contributed by atoms with van der Waals surface area (Å²) in [5, 5.41) is 4.52. The Kier molecular flexibility index (Phi) is 6.87. The molecule has 2 amide bonds. The smallest absolute Gasteiger partial charge is 0.267 e. The molecule has 31 heavy (non-hydrogen) atoms. The maximum absolute atomic E-state index is 12.6. The van der Waals surface area contributed by atoms with E-state index >= 15 is 0 Å². The van der Waals surface area contributed by atoms with Crippen LogP contribution in [0, 0.1) is 5.92 Å². The Morgan fingerprint density at radius 3 is 2.77 bits per heavy atom. The van der Waals surface area contributed by atoms with Crippen LogP contribution in [0.4, 0.5) is 0 Å². The summed E-state index contributed by atoms with van der Waals surface area (Å²) in [5.74, 6) is 0.626. The zero-order valence-electron chi connectivity index (χ0n) is 17.4. The molecule has 1 saturated heterocycles. The van der Waals surface area contributed by atoms with Gasteiger partial charge in [-0.05, 0) is 55.5 Å². The first kappa shape index (κ1) is 21.4. The zero-order valence-corrected chi connectivity index (χ0v) is 18.2. The summed E-state index contributed by atoms with van der Waals surface area (Å²) in [6.07, 6.45) is 8.67. The van der Waals surface area contributed by atoms with Gasteiger partial charge in [-0.3, -0.25) is 14.6 Å². The number of nitrogens with zero attached hydrogens (tertiary/aromatic N) is 2. The first-order chi connectivity index (χ1) is 15.1. The maximum atomic E-state index is 12.6. The predicted octanol–water partition coefficient (Wildman–Crippen LogP) is 4.67. The maximum Gasteiger partial charge on any atom is 0.267 e. The Morgan fingerprint density at radius 2 is 2.00 bits per heavy atom. The van der Waals surface area contributed by atoms with Crippen molar-refractivity contribution in [1.29, 1.82) is 0 Å².